The largest absolute Gasteiger partial charge is 0.328 e. The lowest BCUT2D eigenvalue weighted by atomic mass is 10.1. The number of unbranched alkanes of at least 4 members (excludes halogenated alkanes) is 7. The molecule has 2 aromatic rings. The van der Waals surface area contributed by atoms with Crippen molar-refractivity contribution in [2.45, 2.75) is 78.2 Å². The van der Waals surface area contributed by atoms with Crippen LogP contribution in [0.2, 0.25) is 0 Å². The number of aryl methyl sites for hydroxylation is 2. The summed E-state index contributed by atoms with van der Waals surface area (Å²) in [7, 11) is 0. The van der Waals surface area contributed by atoms with Crippen molar-refractivity contribution in [3.8, 4) is 0 Å². The lowest BCUT2D eigenvalue weighted by Gasteiger charge is -2.10. The fourth-order valence-corrected chi connectivity index (χ4v) is 3.14. The molecular formula is C21H32N2. The van der Waals surface area contributed by atoms with Gasteiger partial charge >= 0.3 is 0 Å². The van der Waals surface area contributed by atoms with Gasteiger partial charge < -0.3 is 4.57 Å². The maximum Gasteiger partial charge on any atom is 0.106 e. The predicted octanol–water partition coefficient (Wildman–Crippen LogP) is 5.92. The van der Waals surface area contributed by atoms with E-state index in [4.69, 9.17) is 0 Å². The van der Waals surface area contributed by atoms with Crippen LogP contribution in [0, 0.1) is 6.92 Å². The molecule has 0 aliphatic carbocycles. The topological polar surface area (TPSA) is 17.8 Å². The molecule has 0 saturated carbocycles. The van der Waals surface area contributed by atoms with Gasteiger partial charge in [0.05, 0.1) is 0 Å². The van der Waals surface area contributed by atoms with E-state index in [0.717, 1.165) is 18.8 Å². The molecule has 2 nitrogen and oxygen atoms in total. The minimum atomic E-state index is 0.943. The second-order valence-electron chi connectivity index (χ2n) is 6.59. The number of imidazole rings is 1. The molecule has 23 heavy (non-hydrogen) atoms. The van der Waals surface area contributed by atoms with E-state index in [2.05, 4.69) is 59.9 Å². The molecule has 0 unspecified atom stereocenters. The van der Waals surface area contributed by atoms with Gasteiger partial charge in [0.25, 0.3) is 0 Å². The third-order valence-electron chi connectivity index (χ3n) is 4.61. The van der Waals surface area contributed by atoms with E-state index >= 15 is 0 Å². The summed E-state index contributed by atoms with van der Waals surface area (Å²) in [6.07, 6.45) is 14.2. The van der Waals surface area contributed by atoms with Gasteiger partial charge in [0.2, 0.25) is 0 Å². The standard InChI is InChI=1S/C21H32N2/c1-3-4-5-6-7-8-9-13-16-21-17-22-19(2)23(21)18-20-14-11-10-12-15-20/h10-12,14-15,17H,3-9,13,16,18H2,1-2H3. The van der Waals surface area contributed by atoms with Gasteiger partial charge in [-0.25, -0.2) is 4.98 Å². The molecule has 126 valence electrons. The smallest absolute Gasteiger partial charge is 0.106 e. The molecule has 0 aliphatic heterocycles. The van der Waals surface area contributed by atoms with Crippen molar-refractivity contribution in [1.82, 2.24) is 9.55 Å². The number of aromatic nitrogens is 2. The highest BCUT2D eigenvalue weighted by atomic mass is 15.1. The molecule has 1 aromatic heterocycles. The van der Waals surface area contributed by atoms with E-state index < -0.39 is 0 Å². The van der Waals surface area contributed by atoms with E-state index in [1.54, 1.807) is 0 Å². The SMILES string of the molecule is CCCCCCCCCCc1cnc(C)n1Cc1ccccc1. The van der Waals surface area contributed by atoms with Crippen molar-refractivity contribution in [3.05, 3.63) is 53.6 Å². The summed E-state index contributed by atoms with van der Waals surface area (Å²) >= 11 is 0. The molecule has 2 rings (SSSR count). The molecule has 0 fully saturated rings. The number of hydrogen-bond acceptors (Lipinski definition) is 1. The molecule has 0 spiro atoms. The van der Waals surface area contributed by atoms with Crippen LogP contribution in [0.1, 0.15) is 75.4 Å². The Bertz CT molecular complexity index is 542. The van der Waals surface area contributed by atoms with Crippen LogP contribution in [0.5, 0.6) is 0 Å². The Labute approximate surface area is 142 Å². The maximum atomic E-state index is 4.52. The summed E-state index contributed by atoms with van der Waals surface area (Å²) in [5.41, 5.74) is 2.74. The van der Waals surface area contributed by atoms with Gasteiger partial charge in [-0.1, -0.05) is 82.2 Å². The van der Waals surface area contributed by atoms with Crippen molar-refractivity contribution in [1.29, 1.82) is 0 Å². The average Bonchev–Trinajstić information content (AvgIpc) is 2.91. The van der Waals surface area contributed by atoms with Crippen LogP contribution in [-0.2, 0) is 13.0 Å². The Balaban J connectivity index is 1.73. The van der Waals surface area contributed by atoms with Crippen LogP contribution in [0.3, 0.4) is 0 Å². The number of rotatable bonds is 11. The molecule has 0 radical (unpaired) electrons. The van der Waals surface area contributed by atoms with Gasteiger partial charge in [-0.15, -0.1) is 0 Å². The van der Waals surface area contributed by atoms with Gasteiger partial charge in [0, 0.05) is 18.4 Å². The van der Waals surface area contributed by atoms with Gasteiger partial charge in [-0.3, -0.25) is 0 Å². The Morgan fingerprint density at radius 1 is 0.870 bits per heavy atom. The lowest BCUT2D eigenvalue weighted by Crippen LogP contribution is -2.06. The van der Waals surface area contributed by atoms with Gasteiger partial charge in [0.15, 0.2) is 0 Å². The van der Waals surface area contributed by atoms with E-state index in [0.29, 0.717) is 0 Å². The summed E-state index contributed by atoms with van der Waals surface area (Å²) < 4.78 is 2.37. The third-order valence-corrected chi connectivity index (χ3v) is 4.61. The van der Waals surface area contributed by atoms with Crippen LogP contribution in [0.15, 0.2) is 36.5 Å². The van der Waals surface area contributed by atoms with Crippen molar-refractivity contribution in [3.63, 3.8) is 0 Å². The Morgan fingerprint density at radius 2 is 1.52 bits per heavy atom. The van der Waals surface area contributed by atoms with Gasteiger partial charge in [0.1, 0.15) is 5.82 Å². The van der Waals surface area contributed by atoms with Crippen LogP contribution in [0.4, 0.5) is 0 Å². The van der Waals surface area contributed by atoms with Crippen LogP contribution in [-0.4, -0.2) is 9.55 Å². The number of nitrogens with zero attached hydrogens (tertiary/aromatic N) is 2. The Morgan fingerprint density at radius 3 is 2.22 bits per heavy atom. The molecule has 0 saturated heterocycles. The summed E-state index contributed by atoms with van der Waals surface area (Å²) in [6.45, 7) is 5.33. The van der Waals surface area contributed by atoms with Gasteiger partial charge in [-0.05, 0) is 25.3 Å². The minimum Gasteiger partial charge on any atom is -0.328 e. The van der Waals surface area contributed by atoms with E-state index in [9.17, 15) is 0 Å². The molecular weight excluding hydrogens is 280 g/mol. The minimum absolute atomic E-state index is 0.943. The van der Waals surface area contributed by atoms with E-state index in [1.165, 1.54) is 62.6 Å². The van der Waals surface area contributed by atoms with Crippen LogP contribution >= 0.6 is 0 Å². The quantitative estimate of drug-likeness (QED) is 0.471. The normalized spacial score (nSPS) is 11.0. The summed E-state index contributed by atoms with van der Waals surface area (Å²) in [5.74, 6) is 1.13. The zero-order valence-electron chi connectivity index (χ0n) is 14.9. The molecule has 0 atom stereocenters. The first-order chi connectivity index (χ1) is 11.3. The second kappa shape index (κ2) is 10.3. The van der Waals surface area contributed by atoms with Crippen LogP contribution < -0.4 is 0 Å². The zero-order chi connectivity index (χ0) is 16.3. The van der Waals surface area contributed by atoms with Crippen molar-refractivity contribution >= 4 is 0 Å². The zero-order valence-corrected chi connectivity index (χ0v) is 14.9. The second-order valence-corrected chi connectivity index (χ2v) is 6.59. The highest BCUT2D eigenvalue weighted by molar-refractivity contribution is 5.17. The maximum absolute atomic E-state index is 4.52. The molecule has 0 aliphatic rings. The number of hydrogen-bond donors (Lipinski definition) is 0. The fraction of sp³-hybridized carbons (Fsp3) is 0.571. The average molecular weight is 313 g/mol. The summed E-state index contributed by atoms with van der Waals surface area (Å²) in [4.78, 5) is 4.52. The van der Waals surface area contributed by atoms with Crippen LogP contribution in [0.25, 0.3) is 0 Å². The molecule has 0 amide bonds. The van der Waals surface area contributed by atoms with E-state index in [-0.39, 0.29) is 0 Å². The Kier molecular flexibility index (Phi) is 7.92. The fourth-order valence-electron chi connectivity index (χ4n) is 3.14. The van der Waals surface area contributed by atoms with Gasteiger partial charge in [-0.2, -0.15) is 0 Å². The number of benzene rings is 1. The molecule has 2 heteroatoms. The molecule has 0 bridgehead atoms. The first-order valence-electron chi connectivity index (χ1n) is 9.36. The molecule has 0 N–H and O–H groups in total. The van der Waals surface area contributed by atoms with Crippen molar-refractivity contribution in [2.24, 2.45) is 0 Å². The lowest BCUT2D eigenvalue weighted by molar-refractivity contribution is 0.569. The molecule has 1 heterocycles. The summed E-state index contributed by atoms with van der Waals surface area (Å²) in [5, 5.41) is 0. The predicted molar refractivity (Wildman–Crippen MR) is 98.8 cm³/mol. The monoisotopic (exact) mass is 312 g/mol. The van der Waals surface area contributed by atoms with E-state index in [1.807, 2.05) is 0 Å². The Hall–Kier alpha value is -1.57. The highest BCUT2D eigenvalue weighted by Crippen LogP contribution is 2.14. The third kappa shape index (κ3) is 6.21. The summed E-state index contributed by atoms with van der Waals surface area (Å²) in [6, 6.07) is 10.7. The highest BCUT2D eigenvalue weighted by Gasteiger charge is 2.07. The molecule has 1 aromatic carbocycles. The first-order valence-corrected chi connectivity index (χ1v) is 9.36. The first kappa shape index (κ1) is 17.8. The van der Waals surface area contributed by atoms with Crippen molar-refractivity contribution < 1.29 is 0 Å². The van der Waals surface area contributed by atoms with Crippen molar-refractivity contribution in [2.75, 3.05) is 0 Å².